The number of rotatable bonds is 3. The van der Waals surface area contributed by atoms with Crippen molar-refractivity contribution in [1.29, 1.82) is 0 Å². The molecule has 0 amide bonds. The van der Waals surface area contributed by atoms with Crippen LogP contribution >= 0.6 is 24.0 Å². The van der Waals surface area contributed by atoms with E-state index in [1.54, 1.807) is 5.57 Å². The number of hydrogen-bond donors (Lipinski definition) is 2. The topological polar surface area (TPSA) is 36.4 Å². The van der Waals surface area contributed by atoms with Crippen LogP contribution in [0.3, 0.4) is 0 Å². The number of halogens is 1. The molecule has 1 aliphatic heterocycles. The Kier molecular flexibility index (Phi) is 6.46. The Bertz CT molecular complexity index is 321. The fourth-order valence-electron chi connectivity index (χ4n) is 2.52. The molecular weight excluding hydrogens is 337 g/mol. The number of allylic oxidation sites excluding steroid dienone is 1. The van der Waals surface area contributed by atoms with Crippen LogP contribution in [0.2, 0.25) is 0 Å². The first kappa shape index (κ1) is 15.8. The fraction of sp³-hybridized carbons (Fsp3) is 0.786. The third-order valence-corrected chi connectivity index (χ3v) is 3.76. The van der Waals surface area contributed by atoms with Crippen molar-refractivity contribution in [3.05, 3.63) is 11.6 Å². The van der Waals surface area contributed by atoms with Crippen molar-refractivity contribution >= 4 is 29.9 Å². The van der Waals surface area contributed by atoms with Gasteiger partial charge in [0.25, 0.3) is 0 Å². The molecule has 1 heterocycles. The van der Waals surface area contributed by atoms with Crippen LogP contribution < -0.4 is 10.6 Å². The van der Waals surface area contributed by atoms with Gasteiger partial charge in [-0.2, -0.15) is 0 Å². The molecule has 0 aromatic heterocycles. The van der Waals surface area contributed by atoms with Crippen molar-refractivity contribution in [1.82, 2.24) is 10.6 Å². The van der Waals surface area contributed by atoms with Gasteiger partial charge in [-0.3, -0.25) is 4.99 Å². The van der Waals surface area contributed by atoms with Crippen LogP contribution in [0.15, 0.2) is 16.6 Å². The van der Waals surface area contributed by atoms with Crippen molar-refractivity contribution < 1.29 is 0 Å². The van der Waals surface area contributed by atoms with E-state index in [1.807, 2.05) is 0 Å². The van der Waals surface area contributed by atoms with Gasteiger partial charge in [-0.1, -0.05) is 25.5 Å². The number of nitrogens with one attached hydrogen (secondary N) is 2. The SMILES string of the molecule is CC(C)(CNC1=NCCCN1)C1=CCCCC1.I. The Morgan fingerprint density at radius 1 is 1.33 bits per heavy atom. The van der Waals surface area contributed by atoms with Crippen molar-refractivity contribution in [3.63, 3.8) is 0 Å². The molecule has 0 unspecified atom stereocenters. The molecule has 2 N–H and O–H groups in total. The van der Waals surface area contributed by atoms with E-state index in [4.69, 9.17) is 0 Å². The summed E-state index contributed by atoms with van der Waals surface area (Å²) in [6, 6.07) is 0. The second-order valence-corrected chi connectivity index (χ2v) is 5.72. The molecule has 2 aliphatic rings. The lowest BCUT2D eigenvalue weighted by molar-refractivity contribution is 0.406. The van der Waals surface area contributed by atoms with E-state index in [2.05, 4.69) is 35.5 Å². The third kappa shape index (κ3) is 4.44. The standard InChI is InChI=1S/C14H25N3.HI/c1-14(2,12-7-4-3-5-8-12)11-17-13-15-9-6-10-16-13;/h7H,3-6,8-11H2,1-2H3,(H2,15,16,17);1H. The maximum absolute atomic E-state index is 4.45. The Hall–Kier alpha value is -0.260. The molecule has 0 saturated heterocycles. The first-order valence-corrected chi connectivity index (χ1v) is 6.90. The van der Waals surface area contributed by atoms with Gasteiger partial charge in [0.2, 0.25) is 0 Å². The summed E-state index contributed by atoms with van der Waals surface area (Å²) in [5.74, 6) is 0.987. The van der Waals surface area contributed by atoms with Gasteiger partial charge in [-0.15, -0.1) is 24.0 Å². The Balaban J connectivity index is 0.00000162. The van der Waals surface area contributed by atoms with Gasteiger partial charge in [0.15, 0.2) is 5.96 Å². The molecule has 0 fully saturated rings. The fourth-order valence-corrected chi connectivity index (χ4v) is 2.52. The Morgan fingerprint density at radius 2 is 2.17 bits per heavy atom. The summed E-state index contributed by atoms with van der Waals surface area (Å²) in [6.07, 6.45) is 8.85. The van der Waals surface area contributed by atoms with Gasteiger partial charge in [0.1, 0.15) is 0 Å². The summed E-state index contributed by atoms with van der Waals surface area (Å²) < 4.78 is 0. The summed E-state index contributed by atoms with van der Waals surface area (Å²) in [6.45, 7) is 7.65. The number of guanidine groups is 1. The van der Waals surface area contributed by atoms with Gasteiger partial charge in [0, 0.05) is 25.0 Å². The molecule has 0 radical (unpaired) electrons. The van der Waals surface area contributed by atoms with E-state index >= 15 is 0 Å². The maximum Gasteiger partial charge on any atom is 0.191 e. The lowest BCUT2D eigenvalue weighted by atomic mass is 9.78. The predicted octanol–water partition coefficient (Wildman–Crippen LogP) is 3.07. The van der Waals surface area contributed by atoms with Crippen molar-refractivity contribution in [2.75, 3.05) is 19.6 Å². The van der Waals surface area contributed by atoms with Crippen LogP contribution in [0.5, 0.6) is 0 Å². The van der Waals surface area contributed by atoms with Crippen molar-refractivity contribution in [2.45, 2.75) is 46.0 Å². The second kappa shape index (κ2) is 7.36. The normalized spacial score (nSPS) is 20.1. The lowest BCUT2D eigenvalue weighted by Gasteiger charge is -2.31. The number of aliphatic imine (C=N–C) groups is 1. The zero-order valence-electron chi connectivity index (χ0n) is 11.6. The van der Waals surface area contributed by atoms with Gasteiger partial charge in [-0.05, 0) is 32.1 Å². The van der Waals surface area contributed by atoms with Crippen LogP contribution in [0, 0.1) is 5.41 Å². The lowest BCUT2D eigenvalue weighted by Crippen LogP contribution is -2.44. The zero-order valence-corrected chi connectivity index (χ0v) is 13.9. The highest BCUT2D eigenvalue weighted by molar-refractivity contribution is 14.0. The molecule has 0 bridgehead atoms. The van der Waals surface area contributed by atoms with Crippen LogP contribution in [0.25, 0.3) is 0 Å². The highest BCUT2D eigenvalue weighted by Gasteiger charge is 2.24. The summed E-state index contributed by atoms with van der Waals surface area (Å²) in [7, 11) is 0. The van der Waals surface area contributed by atoms with E-state index < -0.39 is 0 Å². The first-order chi connectivity index (χ1) is 8.18. The maximum atomic E-state index is 4.45. The largest absolute Gasteiger partial charge is 0.356 e. The number of nitrogens with zero attached hydrogens (tertiary/aromatic N) is 1. The van der Waals surface area contributed by atoms with Gasteiger partial charge < -0.3 is 10.6 Å². The minimum absolute atomic E-state index is 0. The summed E-state index contributed by atoms with van der Waals surface area (Å²) in [5.41, 5.74) is 1.87. The monoisotopic (exact) mass is 363 g/mol. The molecular formula is C14H26IN3. The highest BCUT2D eigenvalue weighted by atomic mass is 127. The van der Waals surface area contributed by atoms with Gasteiger partial charge in [-0.25, -0.2) is 0 Å². The second-order valence-electron chi connectivity index (χ2n) is 5.72. The number of hydrogen-bond acceptors (Lipinski definition) is 3. The van der Waals surface area contributed by atoms with Gasteiger partial charge in [0.05, 0.1) is 0 Å². The Morgan fingerprint density at radius 3 is 2.78 bits per heavy atom. The molecule has 0 spiro atoms. The summed E-state index contributed by atoms with van der Waals surface area (Å²) in [5, 5.41) is 6.77. The van der Waals surface area contributed by atoms with Crippen LogP contribution in [-0.4, -0.2) is 25.6 Å². The van der Waals surface area contributed by atoms with Crippen LogP contribution in [-0.2, 0) is 0 Å². The molecule has 3 nitrogen and oxygen atoms in total. The van der Waals surface area contributed by atoms with E-state index in [0.29, 0.717) is 0 Å². The van der Waals surface area contributed by atoms with Gasteiger partial charge >= 0.3 is 0 Å². The average Bonchev–Trinajstić information content (AvgIpc) is 2.39. The van der Waals surface area contributed by atoms with E-state index in [-0.39, 0.29) is 29.4 Å². The molecule has 0 atom stereocenters. The zero-order chi connectivity index (χ0) is 12.1. The van der Waals surface area contributed by atoms with Crippen LogP contribution in [0.1, 0.15) is 46.0 Å². The highest BCUT2D eigenvalue weighted by Crippen LogP contribution is 2.33. The molecule has 104 valence electrons. The molecule has 0 aromatic rings. The average molecular weight is 363 g/mol. The van der Waals surface area contributed by atoms with E-state index in [1.165, 1.54) is 25.7 Å². The minimum atomic E-state index is 0. The summed E-state index contributed by atoms with van der Waals surface area (Å²) in [4.78, 5) is 4.45. The quantitative estimate of drug-likeness (QED) is 0.597. The predicted molar refractivity (Wildman–Crippen MR) is 88.7 cm³/mol. The molecule has 2 rings (SSSR count). The Labute approximate surface area is 128 Å². The molecule has 1 aliphatic carbocycles. The first-order valence-electron chi connectivity index (χ1n) is 6.90. The molecule has 0 aromatic carbocycles. The molecule has 0 saturated carbocycles. The minimum Gasteiger partial charge on any atom is -0.356 e. The smallest absolute Gasteiger partial charge is 0.191 e. The van der Waals surface area contributed by atoms with E-state index in [9.17, 15) is 0 Å². The van der Waals surface area contributed by atoms with E-state index in [0.717, 1.165) is 32.0 Å². The van der Waals surface area contributed by atoms with Crippen molar-refractivity contribution in [3.8, 4) is 0 Å². The molecule has 18 heavy (non-hydrogen) atoms. The summed E-state index contributed by atoms with van der Waals surface area (Å²) >= 11 is 0. The third-order valence-electron chi connectivity index (χ3n) is 3.76. The molecule has 4 heteroatoms. The van der Waals surface area contributed by atoms with Crippen LogP contribution in [0.4, 0.5) is 0 Å². The van der Waals surface area contributed by atoms with Crippen molar-refractivity contribution in [2.24, 2.45) is 10.4 Å².